The molecule has 2 N–H and O–H groups in total. The molecule has 0 aliphatic heterocycles. The van der Waals surface area contributed by atoms with Crippen LogP contribution in [0.15, 0.2) is 83.5 Å². The number of rotatable bonds is 11. The van der Waals surface area contributed by atoms with Crippen LogP contribution in [0.1, 0.15) is 11.3 Å². The van der Waals surface area contributed by atoms with E-state index in [1.807, 2.05) is 36.4 Å². The Hall–Kier alpha value is -3.79. The normalized spacial score (nSPS) is 12.0. The minimum atomic E-state index is -0.826. The predicted octanol–water partition coefficient (Wildman–Crippen LogP) is 6.47. The number of halogens is 2. The highest BCUT2D eigenvalue weighted by Crippen LogP contribution is 2.32. The van der Waals surface area contributed by atoms with Gasteiger partial charge in [0.1, 0.15) is 41.8 Å². The van der Waals surface area contributed by atoms with Gasteiger partial charge in [0, 0.05) is 46.0 Å². The van der Waals surface area contributed by atoms with E-state index in [4.69, 9.17) is 20.8 Å². The Morgan fingerprint density at radius 2 is 1.95 bits per heavy atom. The predicted molar refractivity (Wildman–Crippen MR) is 153 cm³/mol. The maximum Gasteiger partial charge on any atom is 0.141 e. The first kappa shape index (κ1) is 26.8. The Balaban J connectivity index is 1.30. The maximum atomic E-state index is 13.4. The lowest BCUT2D eigenvalue weighted by Gasteiger charge is -2.12. The van der Waals surface area contributed by atoms with Crippen molar-refractivity contribution in [3.63, 3.8) is 0 Å². The second-order valence-electron chi connectivity index (χ2n) is 8.86. The lowest BCUT2D eigenvalue weighted by molar-refractivity contribution is 0.306. The van der Waals surface area contributed by atoms with Gasteiger partial charge in [0.05, 0.1) is 17.1 Å². The summed E-state index contributed by atoms with van der Waals surface area (Å²) in [5, 5.41) is 7.79. The Kier molecular flexibility index (Phi) is 8.51. The van der Waals surface area contributed by atoms with E-state index in [1.165, 1.54) is 18.5 Å². The molecule has 10 heteroatoms. The molecule has 1 atom stereocenters. The minimum absolute atomic E-state index is 0.202. The molecule has 0 saturated carbocycles. The number of aromatic nitrogens is 2. The van der Waals surface area contributed by atoms with Gasteiger partial charge in [-0.25, -0.2) is 14.4 Å². The summed E-state index contributed by atoms with van der Waals surface area (Å²) in [7, 11) is -0.826. The first-order valence-corrected chi connectivity index (χ1v) is 14.3. The van der Waals surface area contributed by atoms with Crippen molar-refractivity contribution in [2.75, 3.05) is 23.9 Å². The number of hydrogen-bond donors (Lipinski definition) is 2. The number of nitrogens with one attached hydrogen (secondary N) is 2. The summed E-state index contributed by atoms with van der Waals surface area (Å²) in [5.74, 6) is 2.92. The fourth-order valence-corrected chi connectivity index (χ4v) is 4.65. The molecule has 0 fully saturated rings. The van der Waals surface area contributed by atoms with Gasteiger partial charge in [0.25, 0.3) is 0 Å². The van der Waals surface area contributed by atoms with Crippen LogP contribution < -0.4 is 15.4 Å². The van der Waals surface area contributed by atoms with Gasteiger partial charge in [-0.1, -0.05) is 23.7 Å². The lowest BCUT2D eigenvalue weighted by atomic mass is 10.1. The van der Waals surface area contributed by atoms with Crippen molar-refractivity contribution in [3.05, 3.63) is 101 Å². The van der Waals surface area contributed by atoms with Crippen LogP contribution in [0.3, 0.4) is 0 Å². The number of nitrogens with zero attached hydrogens (tertiary/aromatic N) is 2. The van der Waals surface area contributed by atoms with Crippen LogP contribution in [0.25, 0.3) is 22.2 Å². The number of ether oxygens (including phenoxy) is 1. The third kappa shape index (κ3) is 7.00. The van der Waals surface area contributed by atoms with Gasteiger partial charge in [0.2, 0.25) is 0 Å². The molecule has 0 unspecified atom stereocenters. The summed E-state index contributed by atoms with van der Waals surface area (Å²) in [6, 6.07) is 21.3. The summed E-state index contributed by atoms with van der Waals surface area (Å²) in [6.07, 6.45) is 3.19. The number of furan rings is 1. The Labute approximate surface area is 232 Å². The zero-order valence-electron chi connectivity index (χ0n) is 21.1. The molecule has 200 valence electrons. The van der Waals surface area contributed by atoms with Gasteiger partial charge in [0.15, 0.2) is 0 Å². The molecule has 0 saturated heterocycles. The van der Waals surface area contributed by atoms with Crippen molar-refractivity contribution in [1.82, 2.24) is 15.3 Å². The lowest BCUT2D eigenvalue weighted by Crippen LogP contribution is -2.19. The third-order valence-electron chi connectivity index (χ3n) is 5.93. The fraction of sp³-hybridized carbons (Fsp3) is 0.172. The second kappa shape index (κ2) is 12.4. The second-order valence-corrected chi connectivity index (χ2v) is 10.8. The molecule has 0 amide bonds. The van der Waals surface area contributed by atoms with Crippen molar-refractivity contribution >= 4 is 44.8 Å². The van der Waals surface area contributed by atoms with Gasteiger partial charge in [-0.3, -0.25) is 4.21 Å². The molecule has 3 aromatic carbocycles. The molecule has 5 aromatic rings. The fourth-order valence-electron chi connectivity index (χ4n) is 3.99. The Morgan fingerprint density at radius 3 is 2.77 bits per heavy atom. The monoisotopic (exact) mass is 564 g/mol. The van der Waals surface area contributed by atoms with Crippen LogP contribution in [0.4, 0.5) is 15.9 Å². The van der Waals surface area contributed by atoms with Gasteiger partial charge in [-0.15, -0.1) is 0 Å². The molecule has 5 rings (SSSR count). The first-order valence-electron chi connectivity index (χ1n) is 12.2. The highest BCUT2D eigenvalue weighted by atomic mass is 35.5. The average Bonchev–Trinajstić information content (AvgIpc) is 3.40. The number of anilines is 2. The van der Waals surface area contributed by atoms with Gasteiger partial charge < -0.3 is 19.8 Å². The molecule has 0 spiro atoms. The van der Waals surface area contributed by atoms with Crippen LogP contribution in [-0.4, -0.2) is 32.7 Å². The van der Waals surface area contributed by atoms with Crippen molar-refractivity contribution < 1.29 is 17.8 Å². The first-order chi connectivity index (χ1) is 18.9. The molecule has 0 aliphatic carbocycles. The van der Waals surface area contributed by atoms with Crippen molar-refractivity contribution in [2.45, 2.75) is 13.2 Å². The zero-order chi connectivity index (χ0) is 27.2. The number of benzene rings is 3. The molecule has 0 aliphatic rings. The van der Waals surface area contributed by atoms with Crippen LogP contribution in [0, 0.1) is 5.82 Å². The van der Waals surface area contributed by atoms with Crippen LogP contribution >= 0.6 is 11.6 Å². The minimum Gasteiger partial charge on any atom is -0.487 e. The molecule has 7 nitrogen and oxygen atoms in total. The van der Waals surface area contributed by atoms with E-state index in [0.29, 0.717) is 41.0 Å². The molecule has 0 radical (unpaired) electrons. The molecule has 0 bridgehead atoms. The van der Waals surface area contributed by atoms with Gasteiger partial charge in [-0.05, 0) is 66.2 Å². The van der Waals surface area contributed by atoms with Crippen molar-refractivity contribution in [3.8, 4) is 17.1 Å². The largest absolute Gasteiger partial charge is 0.487 e. The van der Waals surface area contributed by atoms with Crippen molar-refractivity contribution in [1.29, 1.82) is 0 Å². The van der Waals surface area contributed by atoms with E-state index < -0.39 is 10.8 Å². The van der Waals surface area contributed by atoms with E-state index in [1.54, 1.807) is 30.5 Å². The molecular weight excluding hydrogens is 539 g/mol. The van der Waals surface area contributed by atoms with Crippen molar-refractivity contribution in [2.24, 2.45) is 0 Å². The standard InChI is InChI=1S/C29H26ClFN4O3S/c1-39(36)12-11-32-16-23-7-10-27(38-23)20-5-8-26-24(14-20)29(34-18-33-26)35-22-6-9-28(25(30)15-22)37-17-19-3-2-4-21(31)13-19/h2-10,13-15,18,32H,11-12,16-17H2,1H3,(H,33,34,35)/t39-/m0/s1. The summed E-state index contributed by atoms with van der Waals surface area (Å²) in [5.41, 5.74) is 3.10. The molecule has 2 heterocycles. The Morgan fingerprint density at radius 1 is 1.05 bits per heavy atom. The van der Waals surface area contributed by atoms with E-state index >= 15 is 0 Å². The van der Waals surface area contributed by atoms with E-state index in [-0.39, 0.29) is 12.4 Å². The molecular formula is C29H26ClFN4O3S. The summed E-state index contributed by atoms with van der Waals surface area (Å²) in [6.45, 7) is 1.42. The zero-order valence-corrected chi connectivity index (χ0v) is 22.7. The van der Waals surface area contributed by atoms with Crippen LogP contribution in [-0.2, 0) is 24.0 Å². The van der Waals surface area contributed by atoms with E-state index in [9.17, 15) is 8.60 Å². The van der Waals surface area contributed by atoms with Crippen LogP contribution in [0.2, 0.25) is 5.02 Å². The summed E-state index contributed by atoms with van der Waals surface area (Å²) < 4.78 is 36.5. The molecule has 2 aromatic heterocycles. The quantitative estimate of drug-likeness (QED) is 0.178. The molecule has 39 heavy (non-hydrogen) atoms. The van der Waals surface area contributed by atoms with Gasteiger partial charge >= 0.3 is 0 Å². The van der Waals surface area contributed by atoms with E-state index in [2.05, 4.69) is 20.6 Å². The Bertz CT molecular complexity index is 1630. The highest BCUT2D eigenvalue weighted by Gasteiger charge is 2.11. The number of fused-ring (bicyclic) bond motifs is 1. The SMILES string of the molecule is C[S@](=O)CCNCc1ccc(-c2ccc3ncnc(Nc4ccc(OCc5cccc(F)c5)c(Cl)c4)c3c2)o1. The highest BCUT2D eigenvalue weighted by molar-refractivity contribution is 7.84. The maximum absolute atomic E-state index is 13.4. The smallest absolute Gasteiger partial charge is 0.141 e. The number of hydrogen-bond acceptors (Lipinski definition) is 7. The topological polar surface area (TPSA) is 89.3 Å². The summed E-state index contributed by atoms with van der Waals surface area (Å²) in [4.78, 5) is 8.83. The van der Waals surface area contributed by atoms with E-state index in [0.717, 1.165) is 33.7 Å². The summed E-state index contributed by atoms with van der Waals surface area (Å²) >= 11 is 6.48. The van der Waals surface area contributed by atoms with Gasteiger partial charge in [-0.2, -0.15) is 0 Å². The van der Waals surface area contributed by atoms with Crippen LogP contribution in [0.5, 0.6) is 5.75 Å². The third-order valence-corrected chi connectivity index (χ3v) is 7.00. The average molecular weight is 565 g/mol.